The maximum Gasteiger partial charge on any atom is 0.305 e. The highest BCUT2D eigenvalue weighted by atomic mass is 32.2. The lowest BCUT2D eigenvalue weighted by Gasteiger charge is -2.00. The van der Waals surface area contributed by atoms with E-state index in [9.17, 15) is 18.5 Å². The summed E-state index contributed by atoms with van der Waals surface area (Å²) >= 11 is 1.47. The fourth-order valence-electron chi connectivity index (χ4n) is 0.996. The molecule has 0 aromatic heterocycles. The van der Waals surface area contributed by atoms with Crippen LogP contribution >= 0.6 is 11.8 Å². The molecule has 0 saturated carbocycles. The van der Waals surface area contributed by atoms with Crippen LogP contribution in [-0.4, -0.2) is 25.5 Å². The second-order valence-corrected chi connectivity index (χ2v) is 5.59. The lowest BCUT2D eigenvalue weighted by atomic mass is 10.4. The van der Waals surface area contributed by atoms with Crippen LogP contribution in [0.2, 0.25) is 0 Å². The van der Waals surface area contributed by atoms with Crippen LogP contribution in [0, 0.1) is 10.1 Å². The number of thioether (sulfide) groups is 1. The lowest BCUT2D eigenvalue weighted by molar-refractivity contribution is -0.458. The van der Waals surface area contributed by atoms with Gasteiger partial charge in [-0.15, -0.1) is 11.8 Å². The van der Waals surface area contributed by atoms with Crippen molar-refractivity contribution in [3.63, 3.8) is 0 Å². The van der Waals surface area contributed by atoms with Gasteiger partial charge in [-0.2, -0.15) is 0 Å². The number of benzene rings is 1. The number of rotatable bonds is 4. The molecule has 0 spiro atoms. The quantitative estimate of drug-likeness (QED) is 0.457. The van der Waals surface area contributed by atoms with Crippen molar-refractivity contribution in [2.75, 3.05) is 12.1 Å². The first-order valence-corrected chi connectivity index (χ1v) is 6.82. The second-order valence-electron chi connectivity index (χ2n) is 2.75. The summed E-state index contributed by atoms with van der Waals surface area (Å²) in [5.41, 5.74) is 0. The zero-order valence-electron chi connectivity index (χ0n) is 7.91. The van der Waals surface area contributed by atoms with Crippen LogP contribution in [0.5, 0.6) is 0 Å². The average molecular weight is 247 g/mol. The van der Waals surface area contributed by atoms with Gasteiger partial charge in [0.05, 0.1) is 4.90 Å². The van der Waals surface area contributed by atoms with Gasteiger partial charge in [-0.1, -0.05) is 0 Å². The van der Waals surface area contributed by atoms with E-state index in [-0.39, 0.29) is 4.90 Å². The van der Waals surface area contributed by atoms with E-state index < -0.39 is 20.6 Å². The summed E-state index contributed by atoms with van der Waals surface area (Å²) in [6.45, 7) is 0. The number of nitro groups is 1. The van der Waals surface area contributed by atoms with E-state index in [1.165, 1.54) is 23.9 Å². The molecule has 15 heavy (non-hydrogen) atoms. The molecule has 1 aromatic carbocycles. The Labute approximate surface area is 91.6 Å². The van der Waals surface area contributed by atoms with Crippen LogP contribution in [-0.2, 0) is 9.84 Å². The Hall–Kier alpha value is -1.08. The van der Waals surface area contributed by atoms with E-state index in [1.807, 2.05) is 6.26 Å². The van der Waals surface area contributed by atoms with Crippen LogP contribution in [0.4, 0.5) is 0 Å². The van der Waals surface area contributed by atoms with Gasteiger partial charge in [0, 0.05) is 9.82 Å². The predicted molar refractivity (Wildman–Crippen MR) is 57.3 cm³/mol. The normalized spacial score (nSPS) is 11.3. The molecule has 0 bridgehead atoms. The van der Waals surface area contributed by atoms with Gasteiger partial charge in [-0.3, -0.25) is 10.1 Å². The van der Waals surface area contributed by atoms with Crippen LogP contribution in [0.3, 0.4) is 0 Å². The number of nitrogens with zero attached hydrogens (tertiary/aromatic N) is 1. The number of sulfone groups is 1. The molecule has 0 fully saturated rings. The van der Waals surface area contributed by atoms with E-state index in [4.69, 9.17) is 0 Å². The third-order valence-corrected chi connectivity index (χ3v) is 3.98. The zero-order chi connectivity index (χ0) is 11.5. The van der Waals surface area contributed by atoms with Crippen LogP contribution < -0.4 is 0 Å². The fraction of sp³-hybridized carbons (Fsp3) is 0.250. The number of hydrogen-bond donors (Lipinski definition) is 0. The molecule has 0 heterocycles. The van der Waals surface area contributed by atoms with Crippen LogP contribution in [0.15, 0.2) is 34.1 Å². The number of hydrogen-bond acceptors (Lipinski definition) is 5. The van der Waals surface area contributed by atoms with E-state index in [0.29, 0.717) is 0 Å². The van der Waals surface area contributed by atoms with Crippen molar-refractivity contribution in [2.24, 2.45) is 0 Å². The molecule has 0 atom stereocenters. The Morgan fingerprint density at radius 2 is 1.87 bits per heavy atom. The lowest BCUT2D eigenvalue weighted by Crippen LogP contribution is -2.14. The Bertz CT molecular complexity index is 452. The van der Waals surface area contributed by atoms with Crippen molar-refractivity contribution < 1.29 is 13.3 Å². The Kier molecular flexibility index (Phi) is 3.70. The van der Waals surface area contributed by atoms with Gasteiger partial charge in [0.25, 0.3) is 0 Å². The van der Waals surface area contributed by atoms with Gasteiger partial charge in [-0.05, 0) is 30.5 Å². The fourth-order valence-corrected chi connectivity index (χ4v) is 2.38. The monoisotopic (exact) mass is 247 g/mol. The molecule has 0 saturated heterocycles. The Morgan fingerprint density at radius 1 is 1.33 bits per heavy atom. The average Bonchev–Trinajstić information content (AvgIpc) is 2.16. The minimum Gasteiger partial charge on any atom is -0.263 e. The summed E-state index contributed by atoms with van der Waals surface area (Å²) in [4.78, 5) is 10.2. The molecular formula is C8H9NO4S2. The summed E-state index contributed by atoms with van der Waals surface area (Å²) in [7, 11) is -3.79. The first-order valence-electron chi connectivity index (χ1n) is 3.94. The third kappa shape index (κ3) is 3.21. The molecule has 0 aliphatic rings. The minimum atomic E-state index is -3.79. The maximum atomic E-state index is 11.4. The van der Waals surface area contributed by atoms with Gasteiger partial charge in [0.2, 0.25) is 9.84 Å². The molecule has 0 aliphatic carbocycles. The van der Waals surface area contributed by atoms with E-state index in [2.05, 4.69) is 0 Å². The first kappa shape index (κ1) is 12.0. The first-order chi connectivity index (χ1) is 6.95. The molecule has 0 aliphatic heterocycles. The molecule has 0 N–H and O–H groups in total. The second kappa shape index (κ2) is 4.63. The maximum absolute atomic E-state index is 11.4. The van der Waals surface area contributed by atoms with Crippen molar-refractivity contribution in [3.8, 4) is 0 Å². The standard InChI is InChI=1S/C8H9NO4S2/c1-14-7-2-4-8(5-3-7)15(12,13)6-9(10)11/h2-5H,6H2,1H3. The zero-order valence-corrected chi connectivity index (χ0v) is 9.55. The van der Waals surface area contributed by atoms with Gasteiger partial charge in [0.1, 0.15) is 0 Å². The van der Waals surface area contributed by atoms with E-state index in [1.54, 1.807) is 12.1 Å². The van der Waals surface area contributed by atoms with Crippen molar-refractivity contribution in [1.29, 1.82) is 0 Å². The summed E-state index contributed by atoms with van der Waals surface area (Å²) in [6.07, 6.45) is 1.86. The predicted octanol–water partition coefficient (Wildman–Crippen LogP) is 1.42. The third-order valence-electron chi connectivity index (χ3n) is 1.69. The molecule has 1 aromatic rings. The van der Waals surface area contributed by atoms with Crippen molar-refractivity contribution in [1.82, 2.24) is 0 Å². The highest BCUT2D eigenvalue weighted by Crippen LogP contribution is 2.18. The molecule has 0 radical (unpaired) electrons. The van der Waals surface area contributed by atoms with Crippen molar-refractivity contribution >= 4 is 21.6 Å². The van der Waals surface area contributed by atoms with Gasteiger partial charge in [0.15, 0.2) is 0 Å². The molecule has 0 amide bonds. The summed E-state index contributed by atoms with van der Waals surface area (Å²) < 4.78 is 22.8. The Balaban J connectivity index is 3.01. The van der Waals surface area contributed by atoms with Gasteiger partial charge in [-0.25, -0.2) is 8.42 Å². The largest absolute Gasteiger partial charge is 0.305 e. The summed E-state index contributed by atoms with van der Waals surface area (Å²) in [5.74, 6) is -1.06. The highest BCUT2D eigenvalue weighted by Gasteiger charge is 2.20. The molecule has 5 nitrogen and oxygen atoms in total. The molecule has 0 unspecified atom stereocenters. The Morgan fingerprint density at radius 3 is 2.27 bits per heavy atom. The van der Waals surface area contributed by atoms with Gasteiger partial charge < -0.3 is 0 Å². The molecule has 7 heteroatoms. The molecule has 82 valence electrons. The highest BCUT2D eigenvalue weighted by molar-refractivity contribution is 7.98. The molecular weight excluding hydrogens is 238 g/mol. The van der Waals surface area contributed by atoms with Crippen LogP contribution in [0.25, 0.3) is 0 Å². The smallest absolute Gasteiger partial charge is 0.263 e. The SMILES string of the molecule is CSc1ccc(S(=O)(=O)C[N+](=O)[O-])cc1. The van der Waals surface area contributed by atoms with Crippen molar-refractivity contribution in [2.45, 2.75) is 9.79 Å². The molecule has 1 rings (SSSR count). The summed E-state index contributed by atoms with van der Waals surface area (Å²) in [6, 6.07) is 6.00. The summed E-state index contributed by atoms with van der Waals surface area (Å²) in [5, 5.41) is 10.1. The minimum absolute atomic E-state index is 0.0167. The van der Waals surface area contributed by atoms with Crippen LogP contribution in [0.1, 0.15) is 0 Å². The topological polar surface area (TPSA) is 77.3 Å². The van der Waals surface area contributed by atoms with Gasteiger partial charge >= 0.3 is 5.88 Å². The van der Waals surface area contributed by atoms with E-state index in [0.717, 1.165) is 4.90 Å². The van der Waals surface area contributed by atoms with Crippen molar-refractivity contribution in [3.05, 3.63) is 34.4 Å². The van der Waals surface area contributed by atoms with E-state index >= 15 is 0 Å².